The zero-order valence-corrected chi connectivity index (χ0v) is 18.5. The highest BCUT2D eigenvalue weighted by Gasteiger charge is 2.43. The molecule has 0 saturated heterocycles. The highest BCUT2D eigenvalue weighted by molar-refractivity contribution is 5.96. The molecule has 0 radical (unpaired) electrons. The van der Waals surface area contributed by atoms with Crippen LogP contribution in [0, 0.1) is 11.6 Å². The molecule has 0 spiro atoms. The van der Waals surface area contributed by atoms with Crippen molar-refractivity contribution in [2.75, 3.05) is 30.1 Å². The first-order valence-corrected chi connectivity index (χ1v) is 10.6. The largest absolute Gasteiger partial charge is 0.478 e. The monoisotopic (exact) mass is 464 g/mol. The molecule has 0 aliphatic carbocycles. The fourth-order valence-electron chi connectivity index (χ4n) is 4.70. The van der Waals surface area contributed by atoms with Gasteiger partial charge in [-0.2, -0.15) is 5.10 Å². The summed E-state index contributed by atoms with van der Waals surface area (Å²) in [6.07, 6.45) is 1.55. The Labute approximate surface area is 194 Å². The molecule has 2 heterocycles. The summed E-state index contributed by atoms with van der Waals surface area (Å²) in [5, 5.41) is 16.6. The molecule has 0 unspecified atom stereocenters. The van der Waals surface area contributed by atoms with Gasteiger partial charge in [0.25, 0.3) is 0 Å². The second-order valence-electron chi connectivity index (χ2n) is 8.57. The summed E-state index contributed by atoms with van der Waals surface area (Å²) in [6, 6.07) is 14.2. The van der Waals surface area contributed by atoms with Gasteiger partial charge < -0.3 is 19.6 Å². The smallest absolute Gasteiger partial charge is 0.335 e. The molecule has 7 nitrogen and oxygen atoms in total. The molecule has 9 heteroatoms. The van der Waals surface area contributed by atoms with Crippen molar-refractivity contribution in [3.63, 3.8) is 0 Å². The second-order valence-corrected chi connectivity index (χ2v) is 8.57. The van der Waals surface area contributed by atoms with Crippen molar-refractivity contribution in [3.8, 4) is 0 Å². The van der Waals surface area contributed by atoms with Gasteiger partial charge in [0.15, 0.2) is 5.82 Å². The maximum atomic E-state index is 16.0. The number of aromatic amines is 1. The molecule has 1 atom stereocenters. The first kappa shape index (κ1) is 21.8. The van der Waals surface area contributed by atoms with Gasteiger partial charge in [-0.15, -0.1) is 0 Å². The van der Waals surface area contributed by atoms with Crippen LogP contribution >= 0.6 is 0 Å². The van der Waals surface area contributed by atoms with Crippen molar-refractivity contribution in [1.82, 2.24) is 10.2 Å². The Morgan fingerprint density at radius 1 is 1.15 bits per heavy atom. The number of nitrogens with one attached hydrogen (secondary N) is 1. The van der Waals surface area contributed by atoms with Crippen LogP contribution in [0.4, 0.5) is 31.5 Å². The van der Waals surface area contributed by atoms with Crippen molar-refractivity contribution in [2.24, 2.45) is 0 Å². The zero-order chi connectivity index (χ0) is 24.0. The van der Waals surface area contributed by atoms with E-state index in [1.807, 2.05) is 22.8 Å². The number of H-pyrrole nitrogens is 1. The van der Waals surface area contributed by atoms with Gasteiger partial charge >= 0.3 is 5.97 Å². The van der Waals surface area contributed by atoms with Crippen LogP contribution in [-0.4, -0.2) is 47.1 Å². The molecule has 4 aromatic rings. The highest BCUT2D eigenvalue weighted by atomic mass is 19.1. The number of anilines is 4. The normalized spacial score (nSPS) is 17.8. The number of aromatic carboxylic acids is 1. The van der Waals surface area contributed by atoms with E-state index in [-0.39, 0.29) is 16.9 Å². The van der Waals surface area contributed by atoms with E-state index < -0.39 is 17.3 Å². The summed E-state index contributed by atoms with van der Waals surface area (Å²) in [4.78, 5) is 15.1. The molecule has 174 valence electrons. The minimum atomic E-state index is -1.04. The number of aromatic nitrogens is 2. The minimum absolute atomic E-state index is 0.137. The number of benzene rings is 3. The first-order valence-electron chi connectivity index (χ1n) is 10.6. The molecule has 1 aliphatic rings. The van der Waals surface area contributed by atoms with Gasteiger partial charge in [-0.3, -0.25) is 5.10 Å². The first-order chi connectivity index (χ1) is 16.3. The van der Waals surface area contributed by atoms with E-state index in [1.54, 1.807) is 37.6 Å². The number of hydrogen-bond acceptors (Lipinski definition) is 5. The predicted octanol–water partition coefficient (Wildman–Crippen LogP) is 5.23. The topological polar surface area (TPSA) is 81.7 Å². The lowest BCUT2D eigenvalue weighted by molar-refractivity contribution is 0.0697. The Bertz CT molecular complexity index is 1370. The molecule has 2 N–H and O–H groups in total. The van der Waals surface area contributed by atoms with Crippen molar-refractivity contribution in [2.45, 2.75) is 12.5 Å². The lowest BCUT2D eigenvalue weighted by Gasteiger charge is -2.51. The van der Waals surface area contributed by atoms with Crippen molar-refractivity contribution < 1.29 is 23.4 Å². The Morgan fingerprint density at radius 2 is 1.82 bits per heavy atom. The predicted molar refractivity (Wildman–Crippen MR) is 125 cm³/mol. The van der Waals surface area contributed by atoms with E-state index >= 15 is 4.39 Å². The molecule has 3 aromatic carbocycles. The fourth-order valence-corrected chi connectivity index (χ4v) is 4.70. The van der Waals surface area contributed by atoms with Crippen LogP contribution in [0.25, 0.3) is 10.9 Å². The van der Waals surface area contributed by atoms with Gasteiger partial charge in [0.05, 0.1) is 29.6 Å². The molecule has 34 heavy (non-hydrogen) atoms. The average Bonchev–Trinajstić information content (AvgIpc) is 3.29. The SMILES string of the molecule is COC[C@@]1(C)CN(c2ccc(C(=O)O)cc2)c2c(cc3cn[nH]c3c2F)N1c1ccc(F)cc1. The summed E-state index contributed by atoms with van der Waals surface area (Å²) < 4.78 is 35.3. The minimum Gasteiger partial charge on any atom is -0.478 e. The number of methoxy groups -OCH3 is 1. The summed E-state index contributed by atoms with van der Waals surface area (Å²) in [5.41, 5.74) is 1.90. The van der Waals surface area contributed by atoms with E-state index in [4.69, 9.17) is 4.74 Å². The molecule has 0 saturated carbocycles. The van der Waals surface area contributed by atoms with Gasteiger partial charge in [-0.1, -0.05) is 0 Å². The van der Waals surface area contributed by atoms with Gasteiger partial charge in [0, 0.05) is 30.4 Å². The summed E-state index contributed by atoms with van der Waals surface area (Å²) in [6.45, 7) is 2.59. The molecule has 1 aromatic heterocycles. The maximum Gasteiger partial charge on any atom is 0.335 e. The van der Waals surface area contributed by atoms with Crippen LogP contribution in [0.15, 0.2) is 60.8 Å². The van der Waals surface area contributed by atoms with E-state index in [9.17, 15) is 14.3 Å². The van der Waals surface area contributed by atoms with Gasteiger partial charge in [0.1, 0.15) is 17.0 Å². The van der Waals surface area contributed by atoms with Crippen LogP contribution in [0.3, 0.4) is 0 Å². The van der Waals surface area contributed by atoms with Crippen LogP contribution in [0.2, 0.25) is 0 Å². The third-order valence-electron chi connectivity index (χ3n) is 6.15. The third-order valence-corrected chi connectivity index (χ3v) is 6.15. The Morgan fingerprint density at radius 3 is 2.47 bits per heavy atom. The second kappa shape index (κ2) is 8.11. The number of nitrogens with zero attached hydrogens (tertiary/aromatic N) is 3. The van der Waals surface area contributed by atoms with Crippen LogP contribution in [0.1, 0.15) is 17.3 Å². The fraction of sp³-hybridized carbons (Fsp3) is 0.200. The summed E-state index contributed by atoms with van der Waals surface area (Å²) >= 11 is 0. The average molecular weight is 464 g/mol. The zero-order valence-electron chi connectivity index (χ0n) is 18.5. The number of carbonyl (C=O) groups is 1. The number of carboxylic acids is 1. The quantitative estimate of drug-likeness (QED) is 0.421. The number of fused-ring (bicyclic) bond motifs is 2. The molecule has 0 bridgehead atoms. The number of halogens is 2. The van der Waals surface area contributed by atoms with E-state index in [1.165, 1.54) is 24.3 Å². The van der Waals surface area contributed by atoms with Crippen molar-refractivity contribution >= 4 is 39.6 Å². The Balaban J connectivity index is 1.77. The molecule has 0 fully saturated rings. The van der Waals surface area contributed by atoms with Crippen molar-refractivity contribution in [1.29, 1.82) is 0 Å². The molecular weight excluding hydrogens is 442 g/mol. The van der Waals surface area contributed by atoms with Crippen LogP contribution in [0.5, 0.6) is 0 Å². The molecule has 5 rings (SSSR count). The number of rotatable bonds is 5. The Kier molecular flexibility index (Phi) is 5.21. The number of carboxylic acid groups (broad SMARTS) is 1. The Hall–Kier alpha value is -3.98. The standard InChI is InChI=1S/C25H22F2N4O3/c1-25(14-34-2)13-30(18-7-3-15(4-8-18)24(32)33)23-20(11-16-12-28-29-22(16)21(23)27)31(25)19-9-5-17(26)6-10-19/h3-12H,13-14H2,1-2H3,(H,28,29)(H,32,33)/t25-/m1/s1. The van der Waals surface area contributed by atoms with Gasteiger partial charge in [-0.05, 0) is 61.5 Å². The van der Waals surface area contributed by atoms with Crippen molar-refractivity contribution in [3.05, 3.63) is 78.0 Å². The number of ether oxygens (including phenoxy) is 1. The van der Waals surface area contributed by atoms with Crippen LogP contribution in [-0.2, 0) is 4.74 Å². The highest BCUT2D eigenvalue weighted by Crippen LogP contribution is 2.50. The molecular formula is C25H22F2N4O3. The molecule has 1 aliphatic heterocycles. The van der Waals surface area contributed by atoms with E-state index in [2.05, 4.69) is 10.2 Å². The maximum absolute atomic E-state index is 16.0. The van der Waals surface area contributed by atoms with Crippen LogP contribution < -0.4 is 9.80 Å². The third kappa shape index (κ3) is 3.45. The van der Waals surface area contributed by atoms with E-state index in [0.29, 0.717) is 41.3 Å². The summed E-state index contributed by atoms with van der Waals surface area (Å²) in [7, 11) is 1.59. The van der Waals surface area contributed by atoms with Gasteiger partial charge in [0.2, 0.25) is 0 Å². The lowest BCUT2D eigenvalue weighted by Crippen LogP contribution is -2.57. The molecule has 0 amide bonds. The van der Waals surface area contributed by atoms with E-state index in [0.717, 1.165) is 0 Å². The number of hydrogen-bond donors (Lipinski definition) is 2. The summed E-state index contributed by atoms with van der Waals surface area (Å²) in [5.74, 6) is -1.90. The van der Waals surface area contributed by atoms with Gasteiger partial charge in [-0.25, -0.2) is 13.6 Å². The lowest BCUT2D eigenvalue weighted by atomic mass is 9.92.